The van der Waals surface area contributed by atoms with Crippen LogP contribution in [0.15, 0.2) is 0 Å². The van der Waals surface area contributed by atoms with Crippen molar-refractivity contribution in [3.63, 3.8) is 0 Å². The Kier molecular flexibility index (Phi) is 12.1. The first-order valence-electron chi connectivity index (χ1n) is 12.1. The fourth-order valence-electron chi connectivity index (χ4n) is 4.85. The topological polar surface area (TPSA) is 91.3 Å². The Labute approximate surface area is 202 Å². The van der Waals surface area contributed by atoms with Gasteiger partial charge >= 0.3 is 0 Å². The predicted molar refractivity (Wildman–Crippen MR) is 130 cm³/mol. The van der Waals surface area contributed by atoms with Crippen LogP contribution in [0.3, 0.4) is 0 Å². The first kappa shape index (κ1) is 28.1. The molecule has 0 bridgehead atoms. The number of amides is 1. The highest BCUT2D eigenvalue weighted by Gasteiger charge is 2.49. The van der Waals surface area contributed by atoms with Crippen molar-refractivity contribution >= 4 is 29.3 Å². The van der Waals surface area contributed by atoms with E-state index < -0.39 is 41.3 Å². The Morgan fingerprint density at radius 1 is 1.28 bits per heavy atom. The number of ether oxygens (including phenoxy) is 2. The van der Waals surface area contributed by atoms with Gasteiger partial charge in [-0.25, -0.2) is 0 Å². The molecule has 32 heavy (non-hydrogen) atoms. The van der Waals surface area contributed by atoms with Crippen molar-refractivity contribution in [2.24, 2.45) is 5.92 Å². The zero-order valence-electron chi connectivity index (χ0n) is 20.2. The van der Waals surface area contributed by atoms with Crippen LogP contribution in [0.5, 0.6) is 0 Å². The average molecular weight is 495 g/mol. The third-order valence-corrected chi connectivity index (χ3v) is 7.78. The first-order chi connectivity index (χ1) is 15.2. The van der Waals surface area contributed by atoms with Crippen LogP contribution in [-0.2, 0) is 14.3 Å². The third kappa shape index (κ3) is 7.20. The molecule has 9 heteroatoms. The van der Waals surface area contributed by atoms with E-state index >= 15 is 0 Å². The van der Waals surface area contributed by atoms with Gasteiger partial charge in [-0.2, -0.15) is 0 Å². The van der Waals surface area contributed by atoms with Crippen molar-refractivity contribution in [3.8, 4) is 0 Å². The Morgan fingerprint density at radius 2 is 2.00 bits per heavy atom. The lowest BCUT2D eigenvalue weighted by atomic mass is 9.92. The third-order valence-electron chi connectivity index (χ3n) is 6.67. The van der Waals surface area contributed by atoms with Crippen LogP contribution in [0.25, 0.3) is 0 Å². The molecule has 188 valence electrons. The van der Waals surface area contributed by atoms with E-state index in [0.717, 1.165) is 45.1 Å². The van der Waals surface area contributed by atoms with Gasteiger partial charge in [0.05, 0.1) is 17.5 Å². The fraction of sp³-hybridized carbons (Fsp3) is 0.957. The number of nitrogens with one attached hydrogen (secondary N) is 1. The summed E-state index contributed by atoms with van der Waals surface area (Å²) >= 11 is 7.89. The first-order valence-corrected chi connectivity index (χ1v) is 13.8. The Morgan fingerprint density at radius 3 is 2.59 bits per heavy atom. The second-order valence-corrected chi connectivity index (χ2v) is 10.9. The smallest absolute Gasteiger partial charge is 0.237 e. The highest BCUT2D eigenvalue weighted by molar-refractivity contribution is 7.99. The maximum Gasteiger partial charge on any atom is 0.237 e. The van der Waals surface area contributed by atoms with Gasteiger partial charge < -0.3 is 25.0 Å². The van der Waals surface area contributed by atoms with Gasteiger partial charge in [0, 0.05) is 13.2 Å². The molecule has 0 aliphatic carbocycles. The van der Waals surface area contributed by atoms with Crippen molar-refractivity contribution < 1.29 is 24.5 Å². The standard InChI is InChI=1S/C23H43ClN2O5S/c1-6-8-9-11-30-21-19(28)18(27)20(31-23(21)32-5)17(14(3)24)25-22(29)16-12-15(10-7-2)13-26(16)4/h14-21,23,27-28H,6-13H2,1-5H3,(H,25,29)/t14-,15+,16-,17+,18+,19-,20+,21+,23+/m0/s1. The van der Waals surface area contributed by atoms with Crippen LogP contribution in [0.1, 0.15) is 59.3 Å². The van der Waals surface area contributed by atoms with Gasteiger partial charge in [0.1, 0.15) is 29.9 Å². The number of alkyl halides is 1. The van der Waals surface area contributed by atoms with Crippen LogP contribution in [-0.4, -0.2) is 94.8 Å². The molecule has 1 amide bonds. The molecule has 0 saturated carbocycles. The van der Waals surface area contributed by atoms with E-state index in [1.165, 1.54) is 11.8 Å². The van der Waals surface area contributed by atoms with Gasteiger partial charge in [0.2, 0.25) is 5.91 Å². The molecule has 2 fully saturated rings. The second kappa shape index (κ2) is 13.7. The SMILES string of the molecule is CCCCCO[C@@H]1[C@@H](O)[C@@H](O)[C@@H]([C@H](NC(=O)[C@@H]2C[C@@H](CCC)CN2C)[C@H](C)Cl)O[C@@H]1SC. The summed E-state index contributed by atoms with van der Waals surface area (Å²) in [6.45, 7) is 7.46. The van der Waals surface area contributed by atoms with Crippen molar-refractivity contribution in [2.75, 3.05) is 26.5 Å². The van der Waals surface area contributed by atoms with Gasteiger partial charge in [0.25, 0.3) is 0 Å². The van der Waals surface area contributed by atoms with Crippen LogP contribution < -0.4 is 5.32 Å². The molecule has 0 radical (unpaired) electrons. The van der Waals surface area contributed by atoms with Crippen molar-refractivity contribution in [3.05, 3.63) is 0 Å². The summed E-state index contributed by atoms with van der Waals surface area (Å²) < 4.78 is 12.1. The van der Waals surface area contributed by atoms with E-state index in [1.807, 2.05) is 13.3 Å². The average Bonchev–Trinajstić information content (AvgIpc) is 3.12. The van der Waals surface area contributed by atoms with Gasteiger partial charge in [0.15, 0.2) is 0 Å². The number of nitrogens with zero attached hydrogens (tertiary/aromatic N) is 1. The number of thioether (sulfide) groups is 1. The number of hydrogen-bond donors (Lipinski definition) is 3. The van der Waals surface area contributed by atoms with Gasteiger partial charge in [-0.3, -0.25) is 9.69 Å². The minimum atomic E-state index is -1.21. The molecule has 2 heterocycles. The van der Waals surface area contributed by atoms with E-state index in [2.05, 4.69) is 24.1 Å². The summed E-state index contributed by atoms with van der Waals surface area (Å²) in [6, 6.07) is -0.857. The summed E-state index contributed by atoms with van der Waals surface area (Å²) in [5.74, 6) is 0.407. The summed E-state index contributed by atoms with van der Waals surface area (Å²) in [7, 11) is 1.97. The zero-order chi connectivity index (χ0) is 23.8. The molecule has 3 N–H and O–H groups in total. The monoisotopic (exact) mass is 494 g/mol. The molecule has 9 atom stereocenters. The minimum Gasteiger partial charge on any atom is -0.388 e. The number of aliphatic hydroxyl groups is 2. The summed E-state index contributed by atoms with van der Waals surface area (Å²) in [5, 5.41) is 24.3. The minimum absolute atomic E-state index is 0.104. The summed E-state index contributed by atoms with van der Waals surface area (Å²) in [4.78, 5) is 15.2. The predicted octanol–water partition coefficient (Wildman–Crippen LogP) is 2.60. The molecular formula is C23H43ClN2O5S. The molecule has 2 aliphatic heterocycles. The maximum absolute atomic E-state index is 13.1. The molecule has 7 nitrogen and oxygen atoms in total. The van der Waals surface area contributed by atoms with Crippen molar-refractivity contribution in [1.29, 1.82) is 0 Å². The highest BCUT2D eigenvalue weighted by Crippen LogP contribution is 2.33. The van der Waals surface area contributed by atoms with Crippen molar-refractivity contribution in [1.82, 2.24) is 10.2 Å². The number of rotatable bonds is 12. The number of carbonyl (C=O) groups excluding carboxylic acids is 1. The van der Waals surface area contributed by atoms with Gasteiger partial charge in [-0.05, 0) is 45.4 Å². The van der Waals surface area contributed by atoms with E-state index in [1.54, 1.807) is 6.92 Å². The lowest BCUT2D eigenvalue weighted by molar-refractivity contribution is -0.218. The Balaban J connectivity index is 2.06. The maximum atomic E-state index is 13.1. The van der Waals surface area contributed by atoms with Gasteiger partial charge in [-0.15, -0.1) is 23.4 Å². The highest BCUT2D eigenvalue weighted by atomic mass is 35.5. The number of unbranched alkanes of at least 4 members (excludes halogenated alkanes) is 2. The molecule has 2 aliphatic rings. The van der Waals surface area contributed by atoms with Crippen LogP contribution in [0.4, 0.5) is 0 Å². The molecular weight excluding hydrogens is 452 g/mol. The summed E-state index contributed by atoms with van der Waals surface area (Å²) in [6.07, 6.45) is 4.14. The molecule has 0 spiro atoms. The van der Waals surface area contributed by atoms with E-state index in [0.29, 0.717) is 12.5 Å². The molecule has 2 saturated heterocycles. The summed E-state index contributed by atoms with van der Waals surface area (Å²) in [5.41, 5.74) is -0.460. The normalized spacial score (nSPS) is 35.6. The fourth-order valence-corrected chi connectivity index (χ4v) is 5.80. The lowest BCUT2D eigenvalue weighted by Crippen LogP contribution is -2.65. The molecule has 0 aromatic carbocycles. The van der Waals surface area contributed by atoms with Crippen LogP contribution in [0.2, 0.25) is 0 Å². The van der Waals surface area contributed by atoms with E-state index in [4.69, 9.17) is 21.1 Å². The number of carbonyl (C=O) groups is 1. The number of likely N-dealkylation sites (tertiary alicyclic amines) is 1. The number of hydrogen-bond acceptors (Lipinski definition) is 7. The largest absolute Gasteiger partial charge is 0.388 e. The van der Waals surface area contributed by atoms with E-state index in [9.17, 15) is 15.0 Å². The second-order valence-electron chi connectivity index (χ2n) is 9.29. The van der Waals surface area contributed by atoms with Crippen molar-refractivity contribution in [2.45, 2.75) is 107 Å². The van der Waals surface area contributed by atoms with E-state index in [-0.39, 0.29) is 11.9 Å². The lowest BCUT2D eigenvalue weighted by Gasteiger charge is -2.45. The zero-order valence-corrected chi connectivity index (χ0v) is 21.8. The molecule has 0 unspecified atom stereocenters. The number of aliphatic hydroxyl groups excluding tert-OH is 2. The molecule has 2 rings (SSSR count). The van der Waals surface area contributed by atoms with Gasteiger partial charge in [-0.1, -0.05) is 33.1 Å². The Bertz CT molecular complexity index is 571. The molecule has 0 aromatic rings. The van der Waals surface area contributed by atoms with Crippen LogP contribution >= 0.6 is 23.4 Å². The van der Waals surface area contributed by atoms with Crippen LogP contribution in [0, 0.1) is 5.92 Å². The number of likely N-dealkylation sites (N-methyl/N-ethyl adjacent to an activating group) is 1. The number of halogens is 1. The quantitative estimate of drug-likeness (QED) is 0.284. The molecule has 0 aromatic heterocycles. The Hall–Kier alpha value is -0.0900.